The molecule has 2 aliphatic heterocycles. The number of carbonyl (C=O) groups excluding carboxylic acids is 1. The van der Waals surface area contributed by atoms with Crippen LogP contribution in [0, 0.1) is 0 Å². The van der Waals surface area contributed by atoms with Gasteiger partial charge >= 0.3 is 12.4 Å². The van der Waals surface area contributed by atoms with E-state index in [2.05, 4.69) is 0 Å². The molecular weight excluding hydrogens is 674 g/mol. The number of hydrogen-bond acceptors (Lipinski definition) is 5. The average Bonchev–Trinajstić information content (AvgIpc) is 3.41. The number of methoxy groups -OCH3 is 3. The van der Waals surface area contributed by atoms with Crippen LogP contribution in [-0.2, 0) is 42.2 Å². The minimum absolute atomic E-state index is 0.171. The van der Waals surface area contributed by atoms with Crippen molar-refractivity contribution in [1.29, 1.82) is 0 Å². The van der Waals surface area contributed by atoms with Crippen LogP contribution in [0.2, 0.25) is 0 Å². The van der Waals surface area contributed by atoms with Crippen molar-refractivity contribution >= 4 is 22.9 Å². The van der Waals surface area contributed by atoms with Gasteiger partial charge in [-0.1, -0.05) is 26.0 Å². The van der Waals surface area contributed by atoms with Gasteiger partial charge in [-0.05, 0) is 64.0 Å². The van der Waals surface area contributed by atoms with Crippen LogP contribution in [0.3, 0.4) is 0 Å². The molecule has 276 valence electrons. The van der Waals surface area contributed by atoms with Gasteiger partial charge < -0.3 is 19.1 Å². The Hall–Kier alpha value is -3.90. The molecule has 2 aromatic carbocycles. The van der Waals surface area contributed by atoms with Crippen molar-refractivity contribution in [1.82, 2.24) is 0 Å². The zero-order valence-corrected chi connectivity index (χ0v) is 30.4. The van der Waals surface area contributed by atoms with E-state index in [1.54, 1.807) is 26.4 Å². The molecule has 0 amide bonds. The number of halogens is 6. The molecule has 0 bridgehead atoms. The van der Waals surface area contributed by atoms with Crippen molar-refractivity contribution in [2.45, 2.75) is 89.8 Å². The van der Waals surface area contributed by atoms with Crippen LogP contribution >= 0.6 is 0 Å². The zero-order valence-electron chi connectivity index (χ0n) is 30.4. The Kier molecular flexibility index (Phi) is 10.2. The molecule has 0 saturated carbocycles. The van der Waals surface area contributed by atoms with Crippen LogP contribution in [0.4, 0.5) is 37.7 Å². The van der Waals surface area contributed by atoms with Gasteiger partial charge in [-0.25, -0.2) is 0 Å². The molecule has 0 N–H and O–H groups in total. The molecule has 1 aliphatic carbocycles. The number of ether oxygens (including phenoxy) is 3. The summed E-state index contributed by atoms with van der Waals surface area (Å²) < 4.78 is 101. The van der Waals surface area contributed by atoms with E-state index in [9.17, 15) is 31.1 Å². The highest BCUT2D eigenvalue weighted by molar-refractivity contribution is 6.24. The number of hydrogen-bond donors (Lipinski definition) is 0. The average molecular weight is 720 g/mol. The Labute approximate surface area is 295 Å². The number of Topliss-reactive ketones (excluding diaryl/α,β-unsaturated/α-hetero) is 1. The first-order valence-electron chi connectivity index (χ1n) is 16.9. The molecule has 3 aliphatic rings. The summed E-state index contributed by atoms with van der Waals surface area (Å²) >= 11 is 0. The molecule has 2 atom stereocenters. The summed E-state index contributed by atoms with van der Waals surface area (Å²) in [5, 5.41) is 0. The molecule has 6 nitrogen and oxygen atoms in total. The minimum Gasteiger partial charge on any atom is -0.495 e. The van der Waals surface area contributed by atoms with Crippen LogP contribution in [0.1, 0.15) is 76.6 Å². The fourth-order valence-electron chi connectivity index (χ4n) is 7.18. The Morgan fingerprint density at radius 3 is 1.94 bits per heavy atom. The van der Waals surface area contributed by atoms with Crippen molar-refractivity contribution < 1.29 is 49.9 Å². The number of fused-ring (bicyclic) bond motifs is 2. The Bertz CT molecular complexity index is 1850. The first-order chi connectivity index (χ1) is 23.7. The summed E-state index contributed by atoms with van der Waals surface area (Å²) in [5.74, 6) is -0.0476. The summed E-state index contributed by atoms with van der Waals surface area (Å²) in [7, 11) is 4.57. The van der Waals surface area contributed by atoms with Gasteiger partial charge in [0.15, 0.2) is 12.3 Å². The molecule has 0 saturated heterocycles. The van der Waals surface area contributed by atoms with E-state index in [0.29, 0.717) is 65.6 Å². The van der Waals surface area contributed by atoms with E-state index in [1.165, 1.54) is 19.2 Å². The number of anilines is 1. The quantitative estimate of drug-likeness (QED) is 0.132. The molecule has 5 rings (SSSR count). The van der Waals surface area contributed by atoms with Gasteiger partial charge in [0.05, 0.1) is 47.0 Å². The van der Waals surface area contributed by atoms with Crippen molar-refractivity contribution in [3.05, 3.63) is 93.4 Å². The molecule has 2 heterocycles. The highest BCUT2D eigenvalue weighted by Gasteiger charge is 2.49. The lowest BCUT2D eigenvalue weighted by Gasteiger charge is -2.30. The number of alkyl halides is 6. The molecule has 51 heavy (non-hydrogen) atoms. The smallest absolute Gasteiger partial charge is 0.416 e. The van der Waals surface area contributed by atoms with Gasteiger partial charge in [-0.3, -0.25) is 4.79 Å². The fourth-order valence-corrected chi connectivity index (χ4v) is 7.18. The van der Waals surface area contributed by atoms with Crippen LogP contribution < -0.4 is 4.90 Å². The molecule has 2 aromatic rings. The normalized spacial score (nSPS) is 21.0. The molecular formula is C39H45F6N2O4+. The largest absolute Gasteiger partial charge is 0.495 e. The zero-order chi connectivity index (χ0) is 37.8. The third-order valence-electron chi connectivity index (χ3n) is 10.5. The molecule has 2 unspecified atom stereocenters. The van der Waals surface area contributed by atoms with E-state index >= 15 is 0 Å². The minimum atomic E-state index is -4.54. The van der Waals surface area contributed by atoms with Crippen molar-refractivity contribution in [2.24, 2.45) is 0 Å². The number of benzene rings is 2. The summed E-state index contributed by atoms with van der Waals surface area (Å²) in [4.78, 5) is 15.9. The van der Waals surface area contributed by atoms with Crippen molar-refractivity contribution in [3.63, 3.8) is 0 Å². The third kappa shape index (κ3) is 6.89. The number of allylic oxidation sites excluding steroid dienone is 5. The lowest BCUT2D eigenvalue weighted by molar-refractivity contribution is -0.440. The van der Waals surface area contributed by atoms with Gasteiger partial charge in [-0.2, -0.15) is 30.9 Å². The van der Waals surface area contributed by atoms with Gasteiger partial charge in [0.1, 0.15) is 5.76 Å². The number of rotatable bonds is 11. The van der Waals surface area contributed by atoms with E-state index < -0.39 is 34.3 Å². The maximum Gasteiger partial charge on any atom is 0.416 e. The van der Waals surface area contributed by atoms with Crippen molar-refractivity contribution in [3.8, 4) is 0 Å². The number of carbonyl (C=O) groups is 1. The van der Waals surface area contributed by atoms with Crippen LogP contribution in [0.25, 0.3) is 0 Å². The fraction of sp³-hybridized carbons (Fsp3) is 0.487. The Morgan fingerprint density at radius 2 is 1.37 bits per heavy atom. The summed E-state index contributed by atoms with van der Waals surface area (Å²) in [6, 6.07) is 7.42. The predicted molar refractivity (Wildman–Crippen MR) is 183 cm³/mol. The molecule has 0 radical (unpaired) electrons. The standard InChI is InChI=1S/C39H45F6N2O4/c1-22(49-7)14-16-46-30-18-24(38(40,41)42)10-12-28(30)36(3,4)32(46)20-26-34(48)27(35(26)51-9)21-33-37(5,6)29-13-11-25(39(43,44)45)19-31(29)47(33)17-15-23(2)50-8/h10-13,18-23H,14-17H2,1-9H3/q+1. The third-order valence-corrected chi connectivity index (χ3v) is 10.5. The predicted octanol–water partition coefficient (Wildman–Crippen LogP) is 9.04. The SMILES string of the molecule is COC1=C(/C=C2\N(CCC(C)OC)c3cc(C(F)(F)F)ccc3C2(C)C)C(=O)/C1=C/C1=[N+](CCC(C)OC)c2cc(C(F)(F)F)ccc2C1(C)C. The first-order valence-corrected chi connectivity index (χ1v) is 16.9. The lowest BCUT2D eigenvalue weighted by atomic mass is 9.77. The van der Waals surface area contributed by atoms with Gasteiger partial charge in [0, 0.05) is 61.7 Å². The Morgan fingerprint density at radius 1 is 0.804 bits per heavy atom. The summed E-state index contributed by atoms with van der Waals surface area (Å²) in [6.45, 7) is 12.0. The second kappa shape index (κ2) is 13.6. The lowest BCUT2D eigenvalue weighted by Crippen LogP contribution is -2.33. The Balaban J connectivity index is 1.64. The first kappa shape index (κ1) is 38.3. The topological polar surface area (TPSA) is 51.0 Å². The number of nitrogens with zero attached hydrogens (tertiary/aromatic N) is 2. The monoisotopic (exact) mass is 719 g/mol. The highest BCUT2D eigenvalue weighted by Crippen LogP contribution is 2.51. The summed E-state index contributed by atoms with van der Waals surface area (Å²) in [5.41, 5.74) is 0.902. The van der Waals surface area contributed by atoms with E-state index in [1.807, 2.05) is 51.0 Å². The second-order valence-electron chi connectivity index (χ2n) is 14.4. The molecule has 0 aromatic heterocycles. The second-order valence-corrected chi connectivity index (χ2v) is 14.4. The van der Waals surface area contributed by atoms with Gasteiger partial charge in [0.2, 0.25) is 11.5 Å². The molecule has 12 heteroatoms. The molecule has 0 spiro atoms. The maximum atomic E-state index is 14.0. The van der Waals surface area contributed by atoms with E-state index in [-0.39, 0.29) is 29.1 Å². The van der Waals surface area contributed by atoms with Gasteiger partial charge in [0.25, 0.3) is 0 Å². The summed E-state index contributed by atoms with van der Waals surface area (Å²) in [6.07, 6.45) is -5.02. The van der Waals surface area contributed by atoms with Crippen LogP contribution in [-0.4, -0.2) is 62.7 Å². The van der Waals surface area contributed by atoms with E-state index in [4.69, 9.17) is 14.2 Å². The van der Waals surface area contributed by atoms with Crippen molar-refractivity contribution in [2.75, 3.05) is 39.3 Å². The van der Waals surface area contributed by atoms with Gasteiger partial charge in [-0.15, -0.1) is 0 Å². The number of ketones is 1. The highest BCUT2D eigenvalue weighted by atomic mass is 19.4. The van der Waals surface area contributed by atoms with Crippen LogP contribution in [0.15, 0.2) is 71.2 Å². The van der Waals surface area contributed by atoms with E-state index in [0.717, 1.165) is 24.3 Å². The van der Waals surface area contributed by atoms with Crippen LogP contribution in [0.5, 0.6) is 0 Å². The maximum absolute atomic E-state index is 14.0. The molecule has 0 fully saturated rings.